The number of carboxylic acids is 1. The summed E-state index contributed by atoms with van der Waals surface area (Å²) in [6.45, 7) is 7.35. The van der Waals surface area contributed by atoms with Crippen LogP contribution in [0.3, 0.4) is 0 Å². The largest absolute Gasteiger partial charge is 0.480 e. The first-order valence-electron chi connectivity index (χ1n) is 8.51. The lowest BCUT2D eigenvalue weighted by Crippen LogP contribution is -2.45. The molecule has 0 aliphatic heterocycles. The van der Waals surface area contributed by atoms with E-state index < -0.39 is 23.7 Å². The molecule has 2 rings (SSSR count). The van der Waals surface area contributed by atoms with Gasteiger partial charge >= 0.3 is 5.97 Å². The van der Waals surface area contributed by atoms with E-state index in [1.54, 1.807) is 19.1 Å². The van der Waals surface area contributed by atoms with Gasteiger partial charge < -0.3 is 10.4 Å². The zero-order valence-electron chi connectivity index (χ0n) is 15.2. The van der Waals surface area contributed by atoms with Crippen molar-refractivity contribution in [3.8, 4) is 5.69 Å². The lowest BCUT2D eigenvalue weighted by molar-refractivity contribution is -0.140. The van der Waals surface area contributed by atoms with Gasteiger partial charge in [0.2, 0.25) is 5.82 Å². The number of aliphatic carboxylic acids is 1. The van der Waals surface area contributed by atoms with E-state index in [9.17, 15) is 19.1 Å². The second kappa shape index (κ2) is 8.07. The van der Waals surface area contributed by atoms with E-state index in [1.165, 1.54) is 16.8 Å². The van der Waals surface area contributed by atoms with Crippen molar-refractivity contribution >= 4 is 11.9 Å². The highest BCUT2D eigenvalue weighted by Crippen LogP contribution is 2.18. The summed E-state index contributed by atoms with van der Waals surface area (Å²) in [7, 11) is 0. The molecule has 1 aromatic heterocycles. The molecule has 1 heterocycles. The van der Waals surface area contributed by atoms with Gasteiger partial charge in [-0.3, -0.25) is 4.79 Å². The Morgan fingerprint density at radius 3 is 2.54 bits per heavy atom. The van der Waals surface area contributed by atoms with Crippen molar-refractivity contribution < 1.29 is 19.1 Å². The SMILES string of the molecule is CC[C@H](C)[C@H](NC(=O)c1nc(C(C)C)n(-c2cccc(F)c2)n1)C(=O)O. The number of carbonyl (C=O) groups is 2. The molecule has 0 aliphatic rings. The number of carboxylic acid groups (broad SMARTS) is 1. The van der Waals surface area contributed by atoms with Crippen molar-refractivity contribution in [3.05, 3.63) is 41.7 Å². The molecule has 1 aromatic carbocycles. The zero-order chi connectivity index (χ0) is 19.4. The van der Waals surface area contributed by atoms with Gasteiger partial charge in [0, 0.05) is 5.92 Å². The average Bonchev–Trinajstić information content (AvgIpc) is 3.04. The molecule has 0 saturated carbocycles. The van der Waals surface area contributed by atoms with E-state index in [0.717, 1.165) is 0 Å². The molecule has 26 heavy (non-hydrogen) atoms. The molecule has 2 N–H and O–H groups in total. The molecule has 0 aliphatic carbocycles. The Hall–Kier alpha value is -2.77. The van der Waals surface area contributed by atoms with Gasteiger partial charge in [0.15, 0.2) is 0 Å². The summed E-state index contributed by atoms with van der Waals surface area (Å²) in [5.41, 5.74) is 0.442. The van der Waals surface area contributed by atoms with E-state index in [2.05, 4.69) is 15.4 Å². The molecule has 0 spiro atoms. The second-order valence-electron chi connectivity index (χ2n) is 6.51. The molecular weight excluding hydrogens is 339 g/mol. The lowest BCUT2D eigenvalue weighted by Gasteiger charge is -2.19. The van der Waals surface area contributed by atoms with Crippen molar-refractivity contribution in [2.45, 2.75) is 46.1 Å². The van der Waals surface area contributed by atoms with Crippen LogP contribution in [-0.4, -0.2) is 37.8 Å². The molecule has 0 bridgehead atoms. The van der Waals surface area contributed by atoms with Crippen LogP contribution in [0.4, 0.5) is 4.39 Å². The number of aromatic nitrogens is 3. The molecule has 0 unspecified atom stereocenters. The van der Waals surface area contributed by atoms with Gasteiger partial charge in [0.05, 0.1) is 5.69 Å². The highest BCUT2D eigenvalue weighted by Gasteiger charge is 2.28. The number of hydrogen-bond acceptors (Lipinski definition) is 4. The number of benzene rings is 1. The predicted molar refractivity (Wildman–Crippen MR) is 93.8 cm³/mol. The van der Waals surface area contributed by atoms with E-state index in [-0.39, 0.29) is 17.7 Å². The van der Waals surface area contributed by atoms with Crippen LogP contribution >= 0.6 is 0 Å². The molecule has 1 amide bonds. The number of nitrogens with one attached hydrogen (secondary N) is 1. The van der Waals surface area contributed by atoms with Gasteiger partial charge in [0.1, 0.15) is 17.7 Å². The first-order chi connectivity index (χ1) is 12.2. The summed E-state index contributed by atoms with van der Waals surface area (Å²) >= 11 is 0. The fourth-order valence-electron chi connectivity index (χ4n) is 2.48. The van der Waals surface area contributed by atoms with E-state index in [1.807, 2.05) is 20.8 Å². The Bertz CT molecular complexity index is 803. The first-order valence-corrected chi connectivity index (χ1v) is 8.51. The summed E-state index contributed by atoms with van der Waals surface area (Å²) < 4.78 is 14.9. The maximum absolute atomic E-state index is 13.5. The third-order valence-corrected chi connectivity index (χ3v) is 4.17. The van der Waals surface area contributed by atoms with Crippen molar-refractivity contribution in [1.29, 1.82) is 0 Å². The highest BCUT2D eigenvalue weighted by molar-refractivity contribution is 5.93. The van der Waals surface area contributed by atoms with E-state index in [4.69, 9.17) is 0 Å². The topological polar surface area (TPSA) is 97.1 Å². The third kappa shape index (κ3) is 4.25. The first kappa shape index (κ1) is 19.6. The van der Waals surface area contributed by atoms with Crippen LogP contribution in [0, 0.1) is 11.7 Å². The van der Waals surface area contributed by atoms with E-state index in [0.29, 0.717) is 17.9 Å². The van der Waals surface area contributed by atoms with E-state index >= 15 is 0 Å². The third-order valence-electron chi connectivity index (χ3n) is 4.17. The Kier molecular flexibility index (Phi) is 6.07. The minimum Gasteiger partial charge on any atom is -0.480 e. The average molecular weight is 362 g/mol. The summed E-state index contributed by atoms with van der Waals surface area (Å²) in [4.78, 5) is 28.1. The fraction of sp³-hybridized carbons (Fsp3) is 0.444. The normalized spacial score (nSPS) is 13.5. The van der Waals surface area contributed by atoms with Gasteiger partial charge in [-0.05, 0) is 24.1 Å². The van der Waals surface area contributed by atoms with Crippen molar-refractivity contribution in [2.24, 2.45) is 5.92 Å². The Labute approximate surface area is 151 Å². The quantitative estimate of drug-likeness (QED) is 0.789. The predicted octanol–water partition coefficient (Wildman–Crippen LogP) is 2.76. The molecule has 140 valence electrons. The molecule has 2 aromatic rings. The van der Waals surface area contributed by atoms with Crippen LogP contribution in [0.25, 0.3) is 5.69 Å². The highest BCUT2D eigenvalue weighted by atomic mass is 19.1. The number of nitrogens with zero attached hydrogens (tertiary/aromatic N) is 3. The van der Waals surface area contributed by atoms with Gasteiger partial charge in [-0.25, -0.2) is 18.9 Å². The molecule has 2 atom stereocenters. The van der Waals surface area contributed by atoms with Gasteiger partial charge in [0.25, 0.3) is 5.91 Å². The number of halogens is 1. The maximum Gasteiger partial charge on any atom is 0.326 e. The summed E-state index contributed by atoms with van der Waals surface area (Å²) in [5, 5.41) is 16.0. The fourth-order valence-corrected chi connectivity index (χ4v) is 2.48. The van der Waals surface area contributed by atoms with Gasteiger partial charge in [-0.1, -0.05) is 40.2 Å². The van der Waals surface area contributed by atoms with Crippen LogP contribution in [0.2, 0.25) is 0 Å². The van der Waals surface area contributed by atoms with Crippen LogP contribution in [0.15, 0.2) is 24.3 Å². The molecule has 8 heteroatoms. The van der Waals surface area contributed by atoms with Crippen molar-refractivity contribution in [3.63, 3.8) is 0 Å². The Morgan fingerprint density at radius 1 is 1.31 bits per heavy atom. The molecular formula is C18H23FN4O3. The summed E-state index contributed by atoms with van der Waals surface area (Å²) in [6, 6.07) is 4.77. The number of hydrogen-bond donors (Lipinski definition) is 2. The lowest BCUT2D eigenvalue weighted by atomic mass is 9.99. The number of rotatable bonds is 7. The smallest absolute Gasteiger partial charge is 0.326 e. The molecule has 0 fully saturated rings. The van der Waals surface area contributed by atoms with Crippen LogP contribution in [-0.2, 0) is 4.79 Å². The van der Waals surface area contributed by atoms with Crippen molar-refractivity contribution in [2.75, 3.05) is 0 Å². The second-order valence-corrected chi connectivity index (χ2v) is 6.51. The van der Waals surface area contributed by atoms with Crippen LogP contribution in [0.5, 0.6) is 0 Å². The summed E-state index contributed by atoms with van der Waals surface area (Å²) in [5.74, 6) is -2.19. The number of carbonyl (C=O) groups excluding carboxylic acids is 1. The van der Waals surface area contributed by atoms with Crippen molar-refractivity contribution in [1.82, 2.24) is 20.1 Å². The minimum absolute atomic E-state index is 0.0721. The Morgan fingerprint density at radius 2 is 2.00 bits per heavy atom. The molecule has 0 saturated heterocycles. The van der Waals surface area contributed by atoms with Gasteiger partial charge in [-0.2, -0.15) is 0 Å². The standard InChI is InChI=1S/C18H23FN4O3/c1-5-11(4)14(18(25)26)20-17(24)15-21-16(10(2)3)23(22-15)13-8-6-7-12(19)9-13/h6-11,14H,5H2,1-4H3,(H,20,24)(H,25,26)/t11-,14-/m0/s1. The zero-order valence-corrected chi connectivity index (χ0v) is 15.2. The monoisotopic (exact) mass is 362 g/mol. The van der Waals surface area contributed by atoms with Crippen LogP contribution in [0.1, 0.15) is 56.5 Å². The molecule has 0 radical (unpaired) electrons. The maximum atomic E-state index is 13.5. The van der Waals surface area contributed by atoms with Crippen LogP contribution < -0.4 is 5.32 Å². The minimum atomic E-state index is -1.11. The Balaban J connectivity index is 2.37. The summed E-state index contributed by atoms with van der Waals surface area (Å²) in [6.07, 6.45) is 0.597. The van der Waals surface area contributed by atoms with Gasteiger partial charge in [-0.15, -0.1) is 5.10 Å². The molecule has 7 nitrogen and oxygen atoms in total. The number of amides is 1.